The molecule has 0 saturated carbocycles. The minimum absolute atomic E-state index is 0.0288. The van der Waals surface area contributed by atoms with Crippen molar-refractivity contribution in [3.8, 4) is 0 Å². The van der Waals surface area contributed by atoms with Crippen LogP contribution in [0.2, 0.25) is 0 Å². The molecule has 4 N–H and O–H groups in total. The highest BCUT2D eigenvalue weighted by Gasteiger charge is 2.46. The Balaban J connectivity index is 1.37. The van der Waals surface area contributed by atoms with Crippen molar-refractivity contribution in [1.29, 1.82) is 0 Å². The van der Waals surface area contributed by atoms with E-state index in [2.05, 4.69) is 15.5 Å². The predicted molar refractivity (Wildman–Crippen MR) is 120 cm³/mol. The summed E-state index contributed by atoms with van der Waals surface area (Å²) in [5.74, 6) is -0.313. The molecule has 1 aromatic rings. The van der Waals surface area contributed by atoms with Crippen LogP contribution in [-0.4, -0.2) is 71.5 Å². The number of amides is 1. The van der Waals surface area contributed by atoms with Crippen LogP contribution in [0, 0.1) is 11.2 Å². The fourth-order valence-corrected chi connectivity index (χ4v) is 5.00. The number of anilines is 2. The fraction of sp³-hybridized carbons (Fsp3) is 0.696. The SMILES string of the molecule is CC(C)(C)OC(=O)N1CCC2(CCN(c3ccc(NC4CCC(O)NC4O)cc3F)C2)C1. The van der Waals surface area contributed by atoms with Crippen molar-refractivity contribution in [3.63, 3.8) is 0 Å². The first-order valence-electron chi connectivity index (χ1n) is 11.4. The lowest BCUT2D eigenvalue weighted by Gasteiger charge is -2.33. The van der Waals surface area contributed by atoms with E-state index in [-0.39, 0.29) is 23.4 Å². The van der Waals surface area contributed by atoms with Crippen LogP contribution < -0.4 is 15.5 Å². The number of piperidine rings is 1. The molecule has 1 spiro atoms. The average Bonchev–Trinajstić information content (AvgIpc) is 3.30. The summed E-state index contributed by atoms with van der Waals surface area (Å²) in [5.41, 5.74) is 0.607. The molecule has 8 nitrogen and oxygen atoms in total. The maximum atomic E-state index is 15.0. The molecule has 4 unspecified atom stereocenters. The number of aliphatic hydroxyl groups is 2. The molecular weight excluding hydrogens is 415 g/mol. The molecule has 32 heavy (non-hydrogen) atoms. The van der Waals surface area contributed by atoms with E-state index in [0.717, 1.165) is 19.4 Å². The number of likely N-dealkylation sites (tertiary alicyclic amines) is 1. The fourth-order valence-electron chi connectivity index (χ4n) is 5.00. The molecule has 3 aliphatic rings. The highest BCUT2D eigenvalue weighted by molar-refractivity contribution is 5.68. The van der Waals surface area contributed by atoms with Gasteiger partial charge < -0.3 is 30.1 Å². The van der Waals surface area contributed by atoms with Crippen LogP contribution in [0.3, 0.4) is 0 Å². The van der Waals surface area contributed by atoms with Crippen molar-refractivity contribution in [2.45, 2.75) is 70.6 Å². The molecule has 0 radical (unpaired) electrons. The second-order valence-electron chi connectivity index (χ2n) is 10.4. The van der Waals surface area contributed by atoms with Crippen molar-refractivity contribution >= 4 is 17.5 Å². The van der Waals surface area contributed by atoms with E-state index < -0.39 is 18.1 Å². The number of rotatable bonds is 3. The number of halogens is 1. The van der Waals surface area contributed by atoms with Gasteiger partial charge in [0.05, 0.1) is 11.7 Å². The summed E-state index contributed by atoms with van der Waals surface area (Å²) in [5, 5.41) is 25.5. The molecule has 4 rings (SSSR count). The summed E-state index contributed by atoms with van der Waals surface area (Å²) in [6.07, 6.45) is 1.02. The van der Waals surface area contributed by atoms with Gasteiger partial charge in [-0.3, -0.25) is 5.32 Å². The second-order valence-corrected chi connectivity index (χ2v) is 10.4. The smallest absolute Gasteiger partial charge is 0.410 e. The van der Waals surface area contributed by atoms with Crippen LogP contribution >= 0.6 is 0 Å². The highest BCUT2D eigenvalue weighted by atomic mass is 19.1. The number of carbonyl (C=O) groups excluding carboxylic acids is 1. The van der Waals surface area contributed by atoms with Gasteiger partial charge in [0.25, 0.3) is 0 Å². The van der Waals surface area contributed by atoms with Crippen molar-refractivity contribution in [2.24, 2.45) is 5.41 Å². The summed E-state index contributed by atoms with van der Waals surface area (Å²) in [6.45, 7) is 8.35. The lowest BCUT2D eigenvalue weighted by Crippen LogP contribution is -2.53. The summed E-state index contributed by atoms with van der Waals surface area (Å²) >= 11 is 0. The minimum atomic E-state index is -0.893. The average molecular weight is 451 g/mol. The third-order valence-electron chi connectivity index (χ3n) is 6.66. The number of ether oxygens (including phenoxy) is 1. The van der Waals surface area contributed by atoms with Crippen LogP contribution in [0.25, 0.3) is 0 Å². The number of carbonyl (C=O) groups is 1. The van der Waals surface area contributed by atoms with E-state index in [9.17, 15) is 19.4 Å². The normalized spacial score (nSPS) is 30.8. The number of nitrogens with one attached hydrogen (secondary N) is 2. The first-order chi connectivity index (χ1) is 15.0. The maximum absolute atomic E-state index is 15.0. The molecular formula is C23H35FN4O4. The monoisotopic (exact) mass is 450 g/mol. The molecule has 0 aliphatic carbocycles. The summed E-state index contributed by atoms with van der Waals surface area (Å²) in [6, 6.07) is 4.76. The van der Waals surface area contributed by atoms with Gasteiger partial charge in [-0.15, -0.1) is 0 Å². The molecule has 1 aromatic carbocycles. The van der Waals surface area contributed by atoms with Gasteiger partial charge >= 0.3 is 6.09 Å². The zero-order chi connectivity index (χ0) is 23.1. The molecule has 0 bridgehead atoms. The Morgan fingerprint density at radius 3 is 2.66 bits per heavy atom. The topological polar surface area (TPSA) is 97.3 Å². The van der Waals surface area contributed by atoms with Crippen molar-refractivity contribution in [1.82, 2.24) is 10.2 Å². The van der Waals surface area contributed by atoms with Gasteiger partial charge in [0.15, 0.2) is 0 Å². The van der Waals surface area contributed by atoms with Crippen molar-refractivity contribution < 1.29 is 24.1 Å². The summed E-state index contributed by atoms with van der Waals surface area (Å²) in [7, 11) is 0. The molecule has 3 saturated heterocycles. The number of hydrogen-bond acceptors (Lipinski definition) is 7. The van der Waals surface area contributed by atoms with Gasteiger partial charge in [-0.25, -0.2) is 9.18 Å². The Morgan fingerprint density at radius 1 is 1.22 bits per heavy atom. The highest BCUT2D eigenvalue weighted by Crippen LogP contribution is 2.42. The lowest BCUT2D eigenvalue weighted by molar-refractivity contribution is -0.00340. The number of hydrogen-bond donors (Lipinski definition) is 4. The quantitative estimate of drug-likeness (QED) is 0.562. The summed E-state index contributed by atoms with van der Waals surface area (Å²) < 4.78 is 20.5. The molecule has 0 aromatic heterocycles. The minimum Gasteiger partial charge on any atom is -0.444 e. The molecule has 9 heteroatoms. The maximum Gasteiger partial charge on any atom is 0.410 e. The zero-order valence-electron chi connectivity index (χ0n) is 19.1. The largest absolute Gasteiger partial charge is 0.444 e. The number of nitrogens with zero attached hydrogens (tertiary/aromatic N) is 2. The van der Waals surface area contributed by atoms with E-state index in [4.69, 9.17) is 4.74 Å². The number of benzene rings is 1. The Bertz CT molecular complexity index is 848. The van der Waals surface area contributed by atoms with Gasteiger partial charge in [0.2, 0.25) is 0 Å². The van der Waals surface area contributed by atoms with Gasteiger partial charge in [0, 0.05) is 37.3 Å². The van der Waals surface area contributed by atoms with Crippen LogP contribution in [0.15, 0.2) is 18.2 Å². The van der Waals surface area contributed by atoms with E-state index >= 15 is 0 Å². The van der Waals surface area contributed by atoms with Gasteiger partial charge in [-0.05, 0) is 64.7 Å². The Labute approximate surface area is 188 Å². The predicted octanol–water partition coefficient (Wildman–Crippen LogP) is 2.46. The first kappa shape index (κ1) is 23.1. The molecule has 178 valence electrons. The van der Waals surface area contributed by atoms with Crippen LogP contribution in [0.5, 0.6) is 0 Å². The number of aliphatic hydroxyl groups excluding tert-OH is 2. The molecule has 3 aliphatic heterocycles. The second kappa shape index (κ2) is 8.68. The Morgan fingerprint density at radius 2 is 1.97 bits per heavy atom. The molecule has 3 heterocycles. The van der Waals surface area contributed by atoms with E-state index in [1.165, 1.54) is 6.07 Å². The van der Waals surface area contributed by atoms with Gasteiger partial charge in [-0.1, -0.05) is 0 Å². The van der Waals surface area contributed by atoms with Crippen molar-refractivity contribution in [2.75, 3.05) is 36.4 Å². The molecule has 4 atom stereocenters. The molecule has 3 fully saturated rings. The Hall–Kier alpha value is -2.10. The van der Waals surface area contributed by atoms with Gasteiger partial charge in [0.1, 0.15) is 23.9 Å². The standard InChI is InChI=1S/C23H35FN4O4/c1-22(2,3)32-21(31)28-11-9-23(14-28)8-10-27(13-23)18-6-4-15(12-16(18)24)25-17-5-7-19(29)26-20(17)30/h4,6,12,17,19-20,25-26,29-30H,5,7-11,13-14H2,1-3H3. The van der Waals surface area contributed by atoms with Crippen LogP contribution in [0.4, 0.5) is 20.6 Å². The third-order valence-corrected chi connectivity index (χ3v) is 6.66. The van der Waals surface area contributed by atoms with E-state index in [1.54, 1.807) is 11.0 Å². The zero-order valence-corrected chi connectivity index (χ0v) is 19.1. The third kappa shape index (κ3) is 5.10. The van der Waals surface area contributed by atoms with Crippen molar-refractivity contribution in [3.05, 3.63) is 24.0 Å². The first-order valence-corrected chi connectivity index (χ1v) is 11.4. The van der Waals surface area contributed by atoms with E-state index in [0.29, 0.717) is 43.9 Å². The lowest BCUT2D eigenvalue weighted by atomic mass is 9.86. The molecule has 1 amide bonds. The van der Waals surface area contributed by atoms with Crippen LogP contribution in [0.1, 0.15) is 46.5 Å². The van der Waals surface area contributed by atoms with E-state index in [1.807, 2.05) is 26.8 Å². The Kier molecular flexibility index (Phi) is 6.26. The van der Waals surface area contributed by atoms with Gasteiger partial charge in [-0.2, -0.15) is 0 Å². The summed E-state index contributed by atoms with van der Waals surface area (Å²) in [4.78, 5) is 16.3. The van der Waals surface area contributed by atoms with Crippen LogP contribution in [-0.2, 0) is 4.74 Å².